The molecule has 0 saturated heterocycles. The first kappa shape index (κ1) is 11.4. The normalized spacial score (nSPS) is 11.4. The van der Waals surface area contributed by atoms with E-state index in [0.717, 1.165) is 16.9 Å². The standard InChI is InChI=1S/C11H11N3O2S/c15-10(16)9-7-12-11(17-9)14-13-6-8-4-2-1-3-5-8/h1-5,7,13H,6H2,(H,12,14)(H,15,16). The number of carboxylic acid groups (broad SMARTS) is 1. The SMILES string of the molecule is O=C(O)c1c[nH]c(=NNCc2ccccc2)s1. The van der Waals surface area contributed by atoms with Gasteiger partial charge in [0.15, 0.2) is 0 Å². The largest absolute Gasteiger partial charge is 0.477 e. The van der Waals surface area contributed by atoms with Crippen molar-refractivity contribution in [2.24, 2.45) is 5.10 Å². The van der Waals surface area contributed by atoms with Gasteiger partial charge in [0.05, 0.1) is 6.54 Å². The molecule has 1 aromatic heterocycles. The Labute approximate surface area is 101 Å². The number of aromatic nitrogens is 1. The van der Waals surface area contributed by atoms with Crippen LogP contribution in [0.15, 0.2) is 41.6 Å². The molecule has 0 aliphatic heterocycles. The molecule has 0 aliphatic carbocycles. The minimum atomic E-state index is -0.948. The van der Waals surface area contributed by atoms with Gasteiger partial charge >= 0.3 is 5.97 Å². The van der Waals surface area contributed by atoms with Crippen LogP contribution in [0.25, 0.3) is 0 Å². The summed E-state index contributed by atoms with van der Waals surface area (Å²) in [4.78, 5) is 14.2. The Hall–Kier alpha value is -2.08. The summed E-state index contributed by atoms with van der Waals surface area (Å²) in [7, 11) is 0. The van der Waals surface area contributed by atoms with Gasteiger partial charge in [-0.1, -0.05) is 41.7 Å². The molecule has 0 atom stereocenters. The molecular formula is C11H11N3O2S. The predicted octanol–water partition coefficient (Wildman–Crippen LogP) is 1.38. The van der Waals surface area contributed by atoms with E-state index in [4.69, 9.17) is 5.11 Å². The highest BCUT2D eigenvalue weighted by Crippen LogP contribution is 1.99. The van der Waals surface area contributed by atoms with Gasteiger partial charge in [-0.2, -0.15) is 5.10 Å². The molecular weight excluding hydrogens is 238 g/mol. The molecule has 2 aromatic rings. The lowest BCUT2D eigenvalue weighted by molar-refractivity contribution is 0.0702. The first-order valence-corrected chi connectivity index (χ1v) is 5.79. The maximum absolute atomic E-state index is 10.6. The van der Waals surface area contributed by atoms with E-state index in [0.29, 0.717) is 11.3 Å². The number of hydrogen-bond acceptors (Lipinski definition) is 4. The van der Waals surface area contributed by atoms with Crippen LogP contribution in [0.1, 0.15) is 15.2 Å². The molecule has 1 heterocycles. The molecule has 3 N–H and O–H groups in total. The van der Waals surface area contributed by atoms with Crippen LogP contribution in [0.2, 0.25) is 0 Å². The lowest BCUT2D eigenvalue weighted by atomic mass is 10.2. The number of nitrogens with zero attached hydrogens (tertiary/aromatic N) is 1. The summed E-state index contributed by atoms with van der Waals surface area (Å²) in [5.41, 5.74) is 4.00. The van der Waals surface area contributed by atoms with E-state index in [1.807, 2.05) is 30.3 Å². The van der Waals surface area contributed by atoms with Gasteiger partial charge in [0.25, 0.3) is 0 Å². The Balaban J connectivity index is 1.98. The maximum Gasteiger partial charge on any atom is 0.347 e. The fourth-order valence-corrected chi connectivity index (χ4v) is 1.89. The maximum atomic E-state index is 10.6. The highest BCUT2D eigenvalue weighted by atomic mass is 32.1. The average molecular weight is 249 g/mol. The van der Waals surface area contributed by atoms with Crippen molar-refractivity contribution in [3.05, 3.63) is 51.8 Å². The summed E-state index contributed by atoms with van der Waals surface area (Å²) < 4.78 is 0. The second-order valence-corrected chi connectivity index (χ2v) is 4.33. The Morgan fingerprint density at radius 2 is 2.18 bits per heavy atom. The fourth-order valence-electron chi connectivity index (χ4n) is 1.25. The van der Waals surface area contributed by atoms with E-state index in [1.165, 1.54) is 6.20 Å². The van der Waals surface area contributed by atoms with Crippen LogP contribution in [0, 0.1) is 0 Å². The third-order valence-corrected chi connectivity index (χ3v) is 2.97. The molecule has 0 amide bonds. The van der Waals surface area contributed by atoms with Crippen molar-refractivity contribution < 1.29 is 9.90 Å². The fraction of sp³-hybridized carbons (Fsp3) is 0.0909. The first-order chi connectivity index (χ1) is 8.25. The molecule has 2 rings (SSSR count). The Bertz CT molecular complexity index is 559. The number of nitrogens with one attached hydrogen (secondary N) is 2. The molecule has 0 spiro atoms. The van der Waals surface area contributed by atoms with Gasteiger partial charge in [-0.05, 0) is 5.56 Å². The molecule has 5 nitrogen and oxygen atoms in total. The molecule has 17 heavy (non-hydrogen) atoms. The van der Waals surface area contributed by atoms with E-state index < -0.39 is 5.97 Å². The number of hydrogen-bond donors (Lipinski definition) is 3. The minimum Gasteiger partial charge on any atom is -0.477 e. The van der Waals surface area contributed by atoms with Crippen molar-refractivity contribution in [1.29, 1.82) is 0 Å². The third-order valence-electron chi connectivity index (χ3n) is 2.05. The minimum absolute atomic E-state index is 0.241. The van der Waals surface area contributed by atoms with Gasteiger partial charge in [0.2, 0.25) is 4.80 Å². The lowest BCUT2D eigenvalue weighted by Crippen LogP contribution is -2.11. The third kappa shape index (κ3) is 3.18. The molecule has 0 unspecified atom stereocenters. The summed E-state index contributed by atoms with van der Waals surface area (Å²) in [5.74, 6) is -0.948. The molecule has 0 radical (unpaired) electrons. The summed E-state index contributed by atoms with van der Waals surface area (Å²) >= 11 is 1.09. The second kappa shape index (κ2) is 5.31. The lowest BCUT2D eigenvalue weighted by Gasteiger charge is -1.98. The molecule has 6 heteroatoms. The average Bonchev–Trinajstić information content (AvgIpc) is 2.79. The second-order valence-electron chi connectivity index (χ2n) is 3.30. The van der Waals surface area contributed by atoms with Gasteiger partial charge in [-0.3, -0.25) is 0 Å². The van der Waals surface area contributed by atoms with Crippen molar-refractivity contribution in [1.82, 2.24) is 10.4 Å². The highest BCUT2D eigenvalue weighted by Gasteiger charge is 2.03. The zero-order valence-electron chi connectivity index (χ0n) is 8.88. The van der Waals surface area contributed by atoms with Crippen molar-refractivity contribution in [2.75, 3.05) is 0 Å². The van der Waals surface area contributed by atoms with Gasteiger partial charge in [-0.15, -0.1) is 0 Å². The molecule has 1 aromatic carbocycles. The summed E-state index contributed by atoms with van der Waals surface area (Å²) in [6.07, 6.45) is 1.43. The smallest absolute Gasteiger partial charge is 0.347 e. The van der Waals surface area contributed by atoms with Gasteiger partial charge in [0.1, 0.15) is 4.88 Å². The molecule has 0 fully saturated rings. The van der Waals surface area contributed by atoms with Crippen LogP contribution in [0.4, 0.5) is 0 Å². The number of H-pyrrole nitrogens is 1. The summed E-state index contributed by atoms with van der Waals surface area (Å²) in [5, 5.41) is 12.8. The van der Waals surface area contributed by atoms with Crippen molar-refractivity contribution in [2.45, 2.75) is 6.54 Å². The van der Waals surface area contributed by atoms with Crippen molar-refractivity contribution in [3.8, 4) is 0 Å². The predicted molar refractivity (Wildman–Crippen MR) is 64.5 cm³/mol. The van der Waals surface area contributed by atoms with E-state index in [1.54, 1.807) is 0 Å². The highest BCUT2D eigenvalue weighted by molar-refractivity contribution is 7.11. The van der Waals surface area contributed by atoms with Gasteiger partial charge in [0, 0.05) is 6.20 Å². The Morgan fingerprint density at radius 3 is 2.82 bits per heavy atom. The quantitative estimate of drug-likeness (QED) is 0.716. The van der Waals surface area contributed by atoms with Crippen molar-refractivity contribution in [3.63, 3.8) is 0 Å². The molecule has 0 saturated carbocycles. The monoisotopic (exact) mass is 249 g/mol. The van der Waals surface area contributed by atoms with Crippen LogP contribution in [0.5, 0.6) is 0 Å². The first-order valence-electron chi connectivity index (χ1n) is 4.98. The van der Waals surface area contributed by atoms with E-state index in [-0.39, 0.29) is 4.88 Å². The zero-order chi connectivity index (χ0) is 12.1. The van der Waals surface area contributed by atoms with E-state index in [9.17, 15) is 4.79 Å². The van der Waals surface area contributed by atoms with E-state index >= 15 is 0 Å². The molecule has 0 aliphatic rings. The topological polar surface area (TPSA) is 77.5 Å². The Morgan fingerprint density at radius 1 is 1.41 bits per heavy atom. The number of carbonyl (C=O) groups is 1. The summed E-state index contributed by atoms with van der Waals surface area (Å²) in [6, 6.07) is 9.84. The van der Waals surface area contributed by atoms with Crippen LogP contribution < -0.4 is 10.2 Å². The number of rotatable bonds is 4. The molecule has 0 bridgehead atoms. The van der Waals surface area contributed by atoms with Crippen LogP contribution in [0.3, 0.4) is 0 Å². The van der Waals surface area contributed by atoms with Gasteiger partial charge in [-0.25, -0.2) is 4.79 Å². The zero-order valence-corrected chi connectivity index (χ0v) is 9.70. The number of aromatic amines is 1. The number of carboxylic acids is 1. The van der Waals surface area contributed by atoms with Gasteiger partial charge < -0.3 is 15.5 Å². The number of thiazole rings is 1. The van der Waals surface area contributed by atoms with Crippen LogP contribution in [-0.4, -0.2) is 16.1 Å². The number of aromatic carboxylic acids is 1. The molecule has 88 valence electrons. The van der Waals surface area contributed by atoms with Crippen LogP contribution in [-0.2, 0) is 6.54 Å². The Kier molecular flexibility index (Phi) is 3.56. The summed E-state index contributed by atoms with van der Waals surface area (Å²) in [6.45, 7) is 0.606. The number of benzene rings is 1. The van der Waals surface area contributed by atoms with E-state index in [2.05, 4.69) is 15.5 Å². The van der Waals surface area contributed by atoms with Crippen LogP contribution >= 0.6 is 11.3 Å². The van der Waals surface area contributed by atoms with Crippen molar-refractivity contribution >= 4 is 17.3 Å².